The average Bonchev–Trinajstić information content (AvgIpc) is 0. The monoisotopic (exact) mass is 302 g/mol. The van der Waals surface area contributed by atoms with Crippen molar-refractivity contribution in [3.63, 3.8) is 0 Å². The van der Waals surface area contributed by atoms with Crippen LogP contribution in [0.15, 0.2) is 0 Å². The minimum atomic E-state index is 0. The molecular weight excluding hydrogens is 290 g/mol. The summed E-state index contributed by atoms with van der Waals surface area (Å²) < 4.78 is 0. The Morgan fingerprint density at radius 3 is 1.00 bits per heavy atom. The summed E-state index contributed by atoms with van der Waals surface area (Å²) >= 11 is 0. The van der Waals surface area contributed by atoms with Crippen LogP contribution >= 0.6 is 9.90 Å². The van der Waals surface area contributed by atoms with Crippen LogP contribution in [0.2, 0.25) is 0 Å². The van der Waals surface area contributed by atoms with E-state index in [4.69, 9.17) is 0 Å². The van der Waals surface area contributed by atoms with Crippen LogP contribution in [-0.2, 0) is 0 Å². The zero-order chi connectivity index (χ0) is 0. The van der Waals surface area contributed by atoms with Gasteiger partial charge in [0.2, 0.25) is 0 Å². The van der Waals surface area contributed by atoms with E-state index in [9.17, 15) is 0 Å². The van der Waals surface area contributed by atoms with Crippen molar-refractivity contribution in [1.82, 2.24) is 0 Å². The number of rotatable bonds is 0. The maximum absolute atomic E-state index is 0. The molecule has 0 aliphatic rings. The van der Waals surface area contributed by atoms with Crippen LogP contribution in [0.25, 0.3) is 0 Å². The van der Waals surface area contributed by atoms with Crippen molar-refractivity contribution in [2.24, 2.45) is 0 Å². The molecule has 0 bridgehead atoms. The Balaban J connectivity index is 0. The maximum atomic E-state index is 0. The van der Waals surface area contributed by atoms with E-state index in [1.807, 2.05) is 0 Å². The molecule has 0 N–H and O–H groups in total. The van der Waals surface area contributed by atoms with Gasteiger partial charge in [-0.3, -0.25) is 0 Å². The van der Waals surface area contributed by atoms with E-state index in [2.05, 4.69) is 0 Å². The van der Waals surface area contributed by atoms with Gasteiger partial charge < -0.3 is 0 Å². The summed E-state index contributed by atoms with van der Waals surface area (Å²) in [6.07, 6.45) is 0. The topological polar surface area (TPSA) is 0 Å². The molecule has 0 aliphatic heterocycles. The molecule has 4 heavy (non-hydrogen) atoms. The van der Waals surface area contributed by atoms with E-state index in [1.165, 1.54) is 0 Å². The second kappa shape index (κ2) is 17.8. The van der Waals surface area contributed by atoms with Crippen LogP contribution < -0.4 is 0 Å². The number of hydrogen-bond donors (Lipinski definition) is 0. The first kappa shape index (κ1) is 31.5. The van der Waals surface area contributed by atoms with Gasteiger partial charge in [0.15, 0.2) is 0 Å². The van der Waals surface area contributed by atoms with Crippen molar-refractivity contribution < 1.29 is 0 Å². The van der Waals surface area contributed by atoms with E-state index in [1.54, 1.807) is 0 Å². The molecule has 2 atom stereocenters. The van der Waals surface area contributed by atoms with Crippen molar-refractivity contribution >= 4 is 73.5 Å². The van der Waals surface area contributed by atoms with Gasteiger partial charge in [0.1, 0.15) is 0 Å². The average molecular weight is 303 g/mol. The van der Waals surface area contributed by atoms with Gasteiger partial charge >= 0.3 is 63.6 Å². The summed E-state index contributed by atoms with van der Waals surface area (Å²) in [6, 6.07) is 0. The van der Waals surface area contributed by atoms with Crippen LogP contribution in [0.1, 0.15) is 0 Å². The quantitative estimate of drug-likeness (QED) is 0.322. The van der Waals surface area contributed by atoms with Crippen molar-refractivity contribution in [3.8, 4) is 0 Å². The second-order valence-corrected chi connectivity index (χ2v) is 0. The Kier molecular flexibility index (Phi) is 140. The summed E-state index contributed by atoms with van der Waals surface area (Å²) in [6.45, 7) is 0. The van der Waals surface area contributed by atoms with Crippen LogP contribution in [0.3, 0.4) is 0 Å². The van der Waals surface area contributed by atoms with Gasteiger partial charge in [-0.2, -0.15) is 9.90 Å². The van der Waals surface area contributed by atoms with E-state index in [0.717, 1.165) is 0 Å². The predicted molar refractivity (Wildman–Crippen MR) is 40.9 cm³/mol. The molecule has 0 heterocycles. The van der Waals surface area contributed by atoms with Gasteiger partial charge in [0, 0.05) is 0 Å². The Morgan fingerprint density at radius 2 is 1.00 bits per heavy atom. The van der Waals surface area contributed by atoms with Crippen molar-refractivity contribution in [2.75, 3.05) is 0 Å². The molecule has 0 fully saturated rings. The first-order valence-corrected chi connectivity index (χ1v) is 0. The van der Waals surface area contributed by atoms with Crippen LogP contribution in [0.4, 0.5) is 0 Å². The Hall–Kier alpha value is 2.49. The first-order chi connectivity index (χ1) is 0. The minimum absolute atomic E-state index is 0. The molecule has 0 saturated heterocycles. The summed E-state index contributed by atoms with van der Waals surface area (Å²) in [5, 5.41) is 0. The Morgan fingerprint density at radius 1 is 1.00 bits per heavy atom. The summed E-state index contributed by atoms with van der Waals surface area (Å²) in [7, 11) is 0. The van der Waals surface area contributed by atoms with Crippen LogP contribution in [0, 0.1) is 0 Å². The zero-order valence-electron chi connectivity index (χ0n) is 1.41. The third-order valence-corrected chi connectivity index (χ3v) is 0. The predicted octanol–water partition coefficient (Wildman–Crippen LogP) is -3.49. The molecule has 4 heteroatoms. The SMILES string of the molecule is P.[AsH3].[GaH3].[InH3]. The van der Waals surface area contributed by atoms with E-state index < -0.39 is 0 Å². The molecule has 2 unspecified atom stereocenters. The van der Waals surface area contributed by atoms with Crippen molar-refractivity contribution in [1.29, 1.82) is 0 Å². The molecule has 0 radical (unpaired) electrons. The summed E-state index contributed by atoms with van der Waals surface area (Å²) in [5.41, 5.74) is 0. The Labute approximate surface area is 72.6 Å². The molecule has 0 rings (SSSR count). The fraction of sp³-hybridized carbons (Fsp3) is 0. The van der Waals surface area contributed by atoms with Gasteiger partial charge in [0.25, 0.3) is 0 Å². The van der Waals surface area contributed by atoms with Crippen LogP contribution in [0.5, 0.6) is 0 Å². The van der Waals surface area contributed by atoms with Gasteiger partial charge in [0.05, 0.1) is 0 Å². The zero-order valence-corrected chi connectivity index (χ0v) is 5.80. The molecule has 0 amide bonds. The Bertz CT molecular complexity index is 8.00. The van der Waals surface area contributed by atoms with Gasteiger partial charge in [-0.15, -0.1) is 0 Å². The fourth-order valence-electron chi connectivity index (χ4n) is 0. The molecule has 28 valence electrons. The molecule has 0 aliphatic carbocycles. The molecule has 0 aromatic rings. The van der Waals surface area contributed by atoms with E-state index in [-0.39, 0.29) is 73.5 Å². The molecule has 0 spiro atoms. The van der Waals surface area contributed by atoms with E-state index >= 15 is 0 Å². The van der Waals surface area contributed by atoms with Crippen LogP contribution in [-0.4, -0.2) is 63.6 Å². The number of hydrogen-bond acceptors (Lipinski definition) is 0. The molecular formula is H12AsGaInP. The summed E-state index contributed by atoms with van der Waals surface area (Å²) in [5.74, 6) is 0. The normalized spacial score (nSPS) is 0. The molecule has 0 nitrogen and oxygen atoms in total. The van der Waals surface area contributed by atoms with Gasteiger partial charge in [-0.05, 0) is 0 Å². The molecule has 0 aromatic carbocycles. The second-order valence-electron chi connectivity index (χ2n) is 0. The van der Waals surface area contributed by atoms with E-state index in [0.29, 0.717) is 0 Å². The van der Waals surface area contributed by atoms with Crippen molar-refractivity contribution in [3.05, 3.63) is 0 Å². The first-order valence-electron chi connectivity index (χ1n) is 0. The van der Waals surface area contributed by atoms with Gasteiger partial charge in [-0.25, -0.2) is 0 Å². The summed E-state index contributed by atoms with van der Waals surface area (Å²) in [4.78, 5) is 0. The molecule has 0 saturated carbocycles. The standard InChI is InChI=1S/AsH3.Ga.In.H3P.6H/h1H3;;;1H3;;;;;;. The van der Waals surface area contributed by atoms with Gasteiger partial charge in [-0.1, -0.05) is 0 Å². The van der Waals surface area contributed by atoms with Crippen molar-refractivity contribution in [2.45, 2.75) is 0 Å². The third-order valence-electron chi connectivity index (χ3n) is 0. The fourth-order valence-corrected chi connectivity index (χ4v) is 0. The molecule has 0 aromatic heterocycles. The third kappa shape index (κ3) is 8.82.